The predicted octanol–water partition coefficient (Wildman–Crippen LogP) is 3.86. The first-order valence-corrected chi connectivity index (χ1v) is 10.4. The van der Waals surface area contributed by atoms with Gasteiger partial charge in [-0.3, -0.25) is 4.79 Å². The van der Waals surface area contributed by atoms with E-state index in [1.165, 1.54) is 0 Å². The van der Waals surface area contributed by atoms with Crippen molar-refractivity contribution in [2.24, 2.45) is 5.92 Å². The van der Waals surface area contributed by atoms with E-state index in [-0.39, 0.29) is 11.9 Å². The smallest absolute Gasteiger partial charge is 0.255 e. The molecule has 154 valence electrons. The Morgan fingerprint density at radius 1 is 1.24 bits per heavy atom. The highest BCUT2D eigenvalue weighted by Crippen LogP contribution is 2.38. The van der Waals surface area contributed by atoms with Crippen LogP contribution >= 0.6 is 0 Å². The normalized spacial score (nSPS) is 21.2. The molecule has 2 aliphatic rings. The van der Waals surface area contributed by atoms with E-state index in [4.69, 9.17) is 9.47 Å². The van der Waals surface area contributed by atoms with E-state index in [0.29, 0.717) is 30.4 Å². The molecule has 2 heterocycles. The van der Waals surface area contributed by atoms with Gasteiger partial charge in [0.1, 0.15) is 12.4 Å². The zero-order chi connectivity index (χ0) is 20.2. The van der Waals surface area contributed by atoms with Gasteiger partial charge in [-0.2, -0.15) is 0 Å². The minimum Gasteiger partial charge on any atom is -0.489 e. The lowest BCUT2D eigenvalue weighted by atomic mass is 9.86. The van der Waals surface area contributed by atoms with Gasteiger partial charge in [0, 0.05) is 26.0 Å². The van der Waals surface area contributed by atoms with E-state index in [0.717, 1.165) is 49.4 Å². The van der Waals surface area contributed by atoms with E-state index in [9.17, 15) is 4.79 Å². The molecule has 1 N–H and O–H groups in total. The van der Waals surface area contributed by atoms with Crippen molar-refractivity contribution < 1.29 is 14.3 Å². The third-order valence-corrected chi connectivity index (χ3v) is 5.85. The second-order valence-corrected chi connectivity index (χ2v) is 7.99. The van der Waals surface area contributed by atoms with E-state index in [1.807, 2.05) is 43.5 Å². The van der Waals surface area contributed by atoms with Crippen LogP contribution in [0.5, 0.6) is 5.75 Å². The fourth-order valence-electron chi connectivity index (χ4n) is 4.26. The number of methoxy groups -OCH3 is 1. The quantitative estimate of drug-likeness (QED) is 0.833. The number of carbonyl (C=O) groups excluding carboxylic acids is 1. The molecule has 6 heteroatoms. The molecule has 1 aliphatic heterocycles. The largest absolute Gasteiger partial charge is 0.489 e. The number of hydrogen-bond acceptors (Lipinski definition) is 5. The lowest BCUT2D eigenvalue weighted by Gasteiger charge is -2.32. The molecule has 1 amide bonds. The maximum atomic E-state index is 13.0. The molecule has 1 aromatic heterocycles. The molecular weight excluding hydrogens is 366 g/mol. The number of aryl methyl sites for hydroxylation is 1. The number of hydrogen-bond donors (Lipinski definition) is 1. The van der Waals surface area contributed by atoms with Crippen LogP contribution in [0.15, 0.2) is 36.5 Å². The van der Waals surface area contributed by atoms with Crippen LogP contribution in [0.2, 0.25) is 0 Å². The third kappa shape index (κ3) is 4.37. The molecular formula is C23H29N3O3. The average Bonchev–Trinajstić information content (AvgIpc) is 2.75. The molecule has 1 saturated carbocycles. The van der Waals surface area contributed by atoms with Crippen molar-refractivity contribution >= 4 is 17.4 Å². The van der Waals surface area contributed by atoms with Crippen LogP contribution in [-0.2, 0) is 4.74 Å². The predicted molar refractivity (Wildman–Crippen MR) is 113 cm³/mol. The summed E-state index contributed by atoms with van der Waals surface area (Å²) in [5, 5.41) is 3.22. The van der Waals surface area contributed by atoms with Crippen molar-refractivity contribution in [1.82, 2.24) is 10.3 Å². The van der Waals surface area contributed by atoms with E-state index >= 15 is 0 Å². The molecule has 0 atom stereocenters. The van der Waals surface area contributed by atoms with Gasteiger partial charge in [-0.1, -0.05) is 12.1 Å². The van der Waals surface area contributed by atoms with Crippen molar-refractivity contribution in [3.05, 3.63) is 47.7 Å². The van der Waals surface area contributed by atoms with Gasteiger partial charge < -0.3 is 19.7 Å². The standard InChI is InChI=1S/C23H29N3O3/c1-16-6-11-21(24-14-16)26-12-13-29-22-19(4-3-5-20(22)26)23(27)25-18-9-7-17(8-10-18)15-28-2/h3-6,11,14,17-18H,7-10,12-13,15H2,1-2H3,(H,25,27)/t17-,18+. The van der Waals surface area contributed by atoms with Gasteiger partial charge in [-0.05, 0) is 62.3 Å². The average molecular weight is 396 g/mol. The second-order valence-electron chi connectivity index (χ2n) is 7.99. The Kier molecular flexibility index (Phi) is 6.00. The number of aromatic nitrogens is 1. The zero-order valence-electron chi connectivity index (χ0n) is 17.2. The number of nitrogens with one attached hydrogen (secondary N) is 1. The van der Waals surface area contributed by atoms with Crippen LogP contribution in [0.4, 0.5) is 11.5 Å². The summed E-state index contributed by atoms with van der Waals surface area (Å²) in [7, 11) is 1.75. The SMILES string of the molecule is COC[C@H]1CC[C@@H](NC(=O)c2cccc3c2OCCN3c2ccc(C)cn2)CC1. The Morgan fingerprint density at radius 3 is 2.79 bits per heavy atom. The molecule has 6 nitrogen and oxygen atoms in total. The summed E-state index contributed by atoms with van der Waals surface area (Å²) in [5.41, 5.74) is 2.61. The Hall–Kier alpha value is -2.60. The summed E-state index contributed by atoms with van der Waals surface area (Å²) in [5.74, 6) is 2.06. The summed E-state index contributed by atoms with van der Waals surface area (Å²) < 4.78 is 11.2. The minimum atomic E-state index is -0.0595. The monoisotopic (exact) mass is 395 g/mol. The second kappa shape index (κ2) is 8.82. The summed E-state index contributed by atoms with van der Waals surface area (Å²) in [6, 6.07) is 10.0. The number of pyridine rings is 1. The molecule has 2 aromatic rings. The van der Waals surface area contributed by atoms with Gasteiger partial charge in [0.15, 0.2) is 5.75 Å². The van der Waals surface area contributed by atoms with Crippen LogP contribution in [0.1, 0.15) is 41.6 Å². The topological polar surface area (TPSA) is 63.7 Å². The molecule has 1 aliphatic carbocycles. The molecule has 0 bridgehead atoms. The summed E-state index contributed by atoms with van der Waals surface area (Å²) in [4.78, 5) is 19.7. The fraction of sp³-hybridized carbons (Fsp3) is 0.478. The molecule has 0 spiro atoms. The number of fused-ring (bicyclic) bond motifs is 1. The van der Waals surface area contributed by atoms with Crippen LogP contribution in [0.25, 0.3) is 0 Å². The first kappa shape index (κ1) is 19.7. The van der Waals surface area contributed by atoms with Crippen molar-refractivity contribution in [3.63, 3.8) is 0 Å². The molecule has 1 fully saturated rings. The van der Waals surface area contributed by atoms with Gasteiger partial charge in [0.25, 0.3) is 5.91 Å². The van der Waals surface area contributed by atoms with E-state index < -0.39 is 0 Å². The lowest BCUT2D eigenvalue weighted by molar-refractivity contribution is 0.0894. The number of nitrogens with zero attached hydrogens (tertiary/aromatic N) is 2. The zero-order valence-corrected chi connectivity index (χ0v) is 17.2. The number of amides is 1. The van der Waals surface area contributed by atoms with Crippen LogP contribution in [0.3, 0.4) is 0 Å². The lowest BCUT2D eigenvalue weighted by Crippen LogP contribution is -2.39. The molecule has 4 rings (SSSR count). The van der Waals surface area contributed by atoms with Crippen molar-refractivity contribution in [2.75, 3.05) is 31.8 Å². The fourth-order valence-corrected chi connectivity index (χ4v) is 4.26. The van der Waals surface area contributed by atoms with Crippen LogP contribution < -0.4 is 15.0 Å². The van der Waals surface area contributed by atoms with Gasteiger partial charge in [0.05, 0.1) is 17.8 Å². The molecule has 0 radical (unpaired) electrons. The Balaban J connectivity index is 1.50. The molecule has 29 heavy (non-hydrogen) atoms. The Morgan fingerprint density at radius 2 is 2.07 bits per heavy atom. The van der Waals surface area contributed by atoms with Crippen molar-refractivity contribution in [2.45, 2.75) is 38.6 Å². The summed E-state index contributed by atoms with van der Waals surface area (Å²) in [6.07, 6.45) is 6.04. The van der Waals surface area contributed by atoms with Gasteiger partial charge >= 0.3 is 0 Å². The Bertz CT molecular complexity index is 845. The van der Waals surface area contributed by atoms with Crippen LogP contribution in [-0.4, -0.2) is 43.8 Å². The first-order valence-electron chi connectivity index (χ1n) is 10.4. The van der Waals surface area contributed by atoms with Crippen molar-refractivity contribution in [1.29, 1.82) is 0 Å². The highest BCUT2D eigenvalue weighted by Gasteiger charge is 2.28. The van der Waals surface area contributed by atoms with Crippen LogP contribution in [0, 0.1) is 12.8 Å². The van der Waals surface area contributed by atoms with E-state index in [1.54, 1.807) is 7.11 Å². The number of para-hydroxylation sites is 1. The summed E-state index contributed by atoms with van der Waals surface area (Å²) in [6.45, 7) is 4.06. The number of rotatable bonds is 5. The van der Waals surface area contributed by atoms with Gasteiger partial charge in [-0.25, -0.2) is 4.98 Å². The number of anilines is 2. The Labute approximate surface area is 172 Å². The number of benzene rings is 1. The van der Waals surface area contributed by atoms with E-state index in [2.05, 4.69) is 15.2 Å². The van der Waals surface area contributed by atoms with Gasteiger partial charge in [-0.15, -0.1) is 0 Å². The molecule has 0 saturated heterocycles. The highest BCUT2D eigenvalue weighted by atomic mass is 16.5. The molecule has 0 unspecified atom stereocenters. The minimum absolute atomic E-state index is 0.0595. The number of ether oxygens (including phenoxy) is 2. The number of carbonyl (C=O) groups is 1. The molecule has 1 aromatic carbocycles. The maximum Gasteiger partial charge on any atom is 0.255 e. The third-order valence-electron chi connectivity index (χ3n) is 5.85. The summed E-state index contributed by atoms with van der Waals surface area (Å²) >= 11 is 0. The van der Waals surface area contributed by atoms with Gasteiger partial charge in [0.2, 0.25) is 0 Å². The van der Waals surface area contributed by atoms with Crippen molar-refractivity contribution in [3.8, 4) is 5.75 Å². The maximum absolute atomic E-state index is 13.0. The highest BCUT2D eigenvalue weighted by molar-refractivity contribution is 5.99. The first-order chi connectivity index (χ1) is 14.2.